The number of aliphatic hydroxyl groups is 1. The summed E-state index contributed by atoms with van der Waals surface area (Å²) in [4.78, 5) is 5.56. The van der Waals surface area contributed by atoms with Crippen molar-refractivity contribution in [3.05, 3.63) is 23.5 Å². The van der Waals surface area contributed by atoms with Crippen molar-refractivity contribution in [1.29, 1.82) is 0 Å². The normalized spacial score (nSPS) is 28.0. The fraction of sp³-hybridized carbons (Fsp3) is 0.643. The van der Waals surface area contributed by atoms with Crippen molar-refractivity contribution in [2.45, 2.75) is 44.8 Å². The highest BCUT2D eigenvalue weighted by Crippen LogP contribution is 2.31. The molecule has 2 aromatic heterocycles. The number of hydrogen-bond acceptors (Lipinski definition) is 4. The molecule has 2 unspecified atom stereocenters. The fourth-order valence-electron chi connectivity index (χ4n) is 3.08. The summed E-state index contributed by atoms with van der Waals surface area (Å²) >= 11 is 1.64. The van der Waals surface area contributed by atoms with Crippen molar-refractivity contribution >= 4 is 16.3 Å². The molecular formula is C14H21N3OS. The van der Waals surface area contributed by atoms with E-state index in [1.54, 1.807) is 11.3 Å². The van der Waals surface area contributed by atoms with Gasteiger partial charge in [0, 0.05) is 30.9 Å². The van der Waals surface area contributed by atoms with Crippen LogP contribution in [-0.4, -0.2) is 26.6 Å². The molecule has 0 bridgehead atoms. The van der Waals surface area contributed by atoms with Crippen molar-refractivity contribution < 1.29 is 5.11 Å². The summed E-state index contributed by atoms with van der Waals surface area (Å²) < 4.78 is 2.04. The first kappa shape index (κ1) is 13.1. The zero-order chi connectivity index (χ0) is 13.3. The molecule has 2 atom stereocenters. The van der Waals surface area contributed by atoms with Crippen LogP contribution in [0.3, 0.4) is 0 Å². The summed E-state index contributed by atoms with van der Waals surface area (Å²) in [5, 5.41) is 15.9. The Morgan fingerprint density at radius 3 is 3.32 bits per heavy atom. The minimum Gasteiger partial charge on any atom is -0.389 e. The van der Waals surface area contributed by atoms with Crippen LogP contribution >= 0.6 is 11.3 Å². The van der Waals surface area contributed by atoms with Gasteiger partial charge in [0.2, 0.25) is 0 Å². The van der Waals surface area contributed by atoms with Crippen LogP contribution in [0.1, 0.15) is 38.3 Å². The predicted octanol–water partition coefficient (Wildman–Crippen LogP) is 2.43. The van der Waals surface area contributed by atoms with E-state index >= 15 is 0 Å². The van der Waals surface area contributed by atoms with E-state index in [0.717, 1.165) is 36.5 Å². The third-order valence-electron chi connectivity index (χ3n) is 3.97. The van der Waals surface area contributed by atoms with Crippen molar-refractivity contribution in [2.24, 2.45) is 5.92 Å². The first-order chi connectivity index (χ1) is 9.15. The zero-order valence-corrected chi connectivity index (χ0v) is 12.1. The van der Waals surface area contributed by atoms with Gasteiger partial charge in [-0.15, -0.1) is 11.3 Å². The second kappa shape index (κ2) is 5.23. The Bertz CT molecular complexity index is 521. The van der Waals surface area contributed by atoms with E-state index in [4.69, 9.17) is 0 Å². The van der Waals surface area contributed by atoms with Gasteiger partial charge in [-0.25, -0.2) is 4.98 Å². The molecule has 2 aromatic rings. The van der Waals surface area contributed by atoms with Crippen molar-refractivity contribution in [2.75, 3.05) is 6.54 Å². The maximum absolute atomic E-state index is 10.5. The molecule has 3 rings (SSSR count). The van der Waals surface area contributed by atoms with Gasteiger partial charge in [-0.2, -0.15) is 0 Å². The molecule has 0 saturated heterocycles. The number of rotatable bonds is 4. The number of thiazole rings is 1. The van der Waals surface area contributed by atoms with Gasteiger partial charge in [0.1, 0.15) is 0 Å². The Balaban J connectivity index is 1.53. The Kier molecular flexibility index (Phi) is 3.60. The summed E-state index contributed by atoms with van der Waals surface area (Å²) in [5.74, 6) is 0.637. The van der Waals surface area contributed by atoms with E-state index in [2.05, 4.69) is 17.2 Å². The molecule has 5 heteroatoms. The summed E-state index contributed by atoms with van der Waals surface area (Å²) in [6.45, 7) is 3.63. The van der Waals surface area contributed by atoms with E-state index < -0.39 is 5.60 Å². The molecule has 0 radical (unpaired) electrons. The van der Waals surface area contributed by atoms with Gasteiger partial charge in [-0.05, 0) is 18.8 Å². The molecule has 0 spiro atoms. The third kappa shape index (κ3) is 2.99. The van der Waals surface area contributed by atoms with Gasteiger partial charge in [0.15, 0.2) is 4.96 Å². The number of fused-ring (bicyclic) bond motifs is 1. The van der Waals surface area contributed by atoms with Gasteiger partial charge in [0.05, 0.1) is 11.3 Å². The standard InChI is InChI=1S/C14H21N3OS/c1-11-3-2-4-14(18,7-11)10-15-8-12-9-17-5-6-19-13(17)16-12/h5-6,9,11,15,18H,2-4,7-8,10H2,1H3. The highest BCUT2D eigenvalue weighted by molar-refractivity contribution is 7.15. The lowest BCUT2D eigenvalue weighted by molar-refractivity contribution is -0.0119. The first-order valence-electron chi connectivity index (χ1n) is 6.99. The second-order valence-electron chi connectivity index (χ2n) is 5.85. The fourth-order valence-corrected chi connectivity index (χ4v) is 3.80. The maximum Gasteiger partial charge on any atom is 0.193 e. The van der Waals surface area contributed by atoms with Crippen LogP contribution < -0.4 is 5.32 Å². The molecule has 19 heavy (non-hydrogen) atoms. The van der Waals surface area contributed by atoms with E-state index in [1.165, 1.54) is 6.42 Å². The molecule has 0 aliphatic heterocycles. The lowest BCUT2D eigenvalue weighted by atomic mass is 9.79. The molecule has 4 nitrogen and oxygen atoms in total. The topological polar surface area (TPSA) is 49.6 Å². The zero-order valence-electron chi connectivity index (χ0n) is 11.3. The molecule has 2 N–H and O–H groups in total. The number of nitrogens with one attached hydrogen (secondary N) is 1. The molecule has 0 amide bonds. The number of hydrogen-bond donors (Lipinski definition) is 2. The number of aromatic nitrogens is 2. The second-order valence-corrected chi connectivity index (χ2v) is 6.73. The summed E-state index contributed by atoms with van der Waals surface area (Å²) in [6, 6.07) is 0. The summed E-state index contributed by atoms with van der Waals surface area (Å²) in [7, 11) is 0. The van der Waals surface area contributed by atoms with E-state index in [1.807, 2.05) is 22.2 Å². The molecule has 1 aliphatic carbocycles. The van der Waals surface area contributed by atoms with Gasteiger partial charge >= 0.3 is 0 Å². The molecule has 0 aromatic carbocycles. The Labute approximate surface area is 117 Å². The van der Waals surface area contributed by atoms with Gasteiger partial charge in [-0.1, -0.05) is 19.8 Å². The van der Waals surface area contributed by atoms with Crippen molar-refractivity contribution in [3.63, 3.8) is 0 Å². The van der Waals surface area contributed by atoms with Crippen molar-refractivity contribution in [3.8, 4) is 0 Å². The number of imidazole rings is 1. The van der Waals surface area contributed by atoms with Gasteiger partial charge < -0.3 is 10.4 Å². The van der Waals surface area contributed by atoms with E-state index in [9.17, 15) is 5.11 Å². The van der Waals surface area contributed by atoms with Crippen LogP contribution in [0.2, 0.25) is 0 Å². The van der Waals surface area contributed by atoms with Gasteiger partial charge in [-0.3, -0.25) is 4.40 Å². The number of nitrogens with zero attached hydrogens (tertiary/aromatic N) is 2. The molecule has 1 saturated carbocycles. The quantitative estimate of drug-likeness (QED) is 0.903. The predicted molar refractivity (Wildman–Crippen MR) is 77.4 cm³/mol. The molecule has 2 heterocycles. The maximum atomic E-state index is 10.5. The van der Waals surface area contributed by atoms with Crippen LogP contribution in [0, 0.1) is 5.92 Å². The first-order valence-corrected chi connectivity index (χ1v) is 7.87. The Hall–Kier alpha value is -0.910. The SMILES string of the molecule is CC1CCCC(O)(CNCc2cn3ccsc3n2)C1. The largest absolute Gasteiger partial charge is 0.389 e. The van der Waals surface area contributed by atoms with E-state index in [0.29, 0.717) is 12.5 Å². The third-order valence-corrected chi connectivity index (χ3v) is 4.74. The highest BCUT2D eigenvalue weighted by Gasteiger charge is 2.32. The molecule has 104 valence electrons. The van der Waals surface area contributed by atoms with Gasteiger partial charge in [0.25, 0.3) is 0 Å². The minimum absolute atomic E-state index is 0.519. The average Bonchev–Trinajstić information content (AvgIpc) is 2.88. The lowest BCUT2D eigenvalue weighted by Gasteiger charge is -2.35. The van der Waals surface area contributed by atoms with Crippen molar-refractivity contribution in [1.82, 2.24) is 14.7 Å². The average molecular weight is 279 g/mol. The van der Waals surface area contributed by atoms with Crippen LogP contribution in [0.5, 0.6) is 0 Å². The smallest absolute Gasteiger partial charge is 0.193 e. The van der Waals surface area contributed by atoms with Crippen LogP contribution in [0.15, 0.2) is 17.8 Å². The van der Waals surface area contributed by atoms with Crippen LogP contribution in [0.4, 0.5) is 0 Å². The monoisotopic (exact) mass is 279 g/mol. The highest BCUT2D eigenvalue weighted by atomic mass is 32.1. The molecule has 1 aliphatic rings. The molecule has 1 fully saturated rings. The van der Waals surface area contributed by atoms with Crippen LogP contribution in [-0.2, 0) is 6.54 Å². The Morgan fingerprint density at radius 2 is 2.53 bits per heavy atom. The summed E-state index contributed by atoms with van der Waals surface area (Å²) in [5.41, 5.74) is 0.522. The summed E-state index contributed by atoms with van der Waals surface area (Å²) in [6.07, 6.45) is 8.29. The van der Waals surface area contributed by atoms with E-state index in [-0.39, 0.29) is 0 Å². The van der Waals surface area contributed by atoms with Crippen LogP contribution in [0.25, 0.3) is 4.96 Å². The minimum atomic E-state index is -0.519. The lowest BCUT2D eigenvalue weighted by Crippen LogP contribution is -2.43. The Morgan fingerprint density at radius 1 is 1.63 bits per heavy atom. The molecular weight excluding hydrogens is 258 g/mol.